The molecule has 0 saturated heterocycles. The third kappa shape index (κ3) is 3.69. The van der Waals surface area contributed by atoms with Crippen LogP contribution in [0.3, 0.4) is 0 Å². The summed E-state index contributed by atoms with van der Waals surface area (Å²) in [5, 5.41) is 10.7. The van der Waals surface area contributed by atoms with Gasteiger partial charge in [0.25, 0.3) is 0 Å². The molecule has 0 aliphatic carbocycles. The van der Waals surface area contributed by atoms with E-state index in [4.69, 9.17) is 10.00 Å². The molecule has 0 aliphatic rings. The van der Waals surface area contributed by atoms with Gasteiger partial charge in [-0.05, 0) is 38.1 Å². The summed E-state index contributed by atoms with van der Waals surface area (Å²) in [6.07, 6.45) is 0.115. The Balaban J connectivity index is 2.65. The predicted molar refractivity (Wildman–Crippen MR) is 56.4 cm³/mol. The van der Waals surface area contributed by atoms with Crippen LogP contribution < -0.4 is 10.1 Å². The zero-order chi connectivity index (χ0) is 11.3. The first-order valence-electron chi connectivity index (χ1n) is 4.59. The van der Waals surface area contributed by atoms with Crippen molar-refractivity contribution in [2.45, 2.75) is 20.0 Å². The fraction of sp³-hybridized carbons (Fsp3) is 0.273. The Bertz CT molecular complexity index is 377. The number of nitriles is 1. The van der Waals surface area contributed by atoms with E-state index in [0.29, 0.717) is 5.69 Å². The fourth-order valence-electron chi connectivity index (χ4n) is 1.05. The van der Waals surface area contributed by atoms with Gasteiger partial charge in [0, 0.05) is 5.69 Å². The molecule has 0 radical (unpaired) electrons. The predicted octanol–water partition coefficient (Wildman–Crippen LogP) is 1.94. The number of amides is 1. The van der Waals surface area contributed by atoms with Gasteiger partial charge in [-0.1, -0.05) is 0 Å². The second kappa shape index (κ2) is 5.01. The molecule has 0 atom stereocenters. The number of benzene rings is 1. The molecule has 1 aromatic carbocycles. The number of hydrogen-bond acceptors (Lipinski definition) is 3. The van der Waals surface area contributed by atoms with Crippen molar-refractivity contribution in [2.24, 2.45) is 0 Å². The third-order valence-electron chi connectivity index (χ3n) is 1.59. The summed E-state index contributed by atoms with van der Waals surface area (Å²) >= 11 is 0. The minimum Gasteiger partial charge on any atom is -0.491 e. The maximum atomic E-state index is 10.7. The highest BCUT2D eigenvalue weighted by Crippen LogP contribution is 2.16. The summed E-state index contributed by atoms with van der Waals surface area (Å²) in [4.78, 5) is 10.7. The lowest BCUT2D eigenvalue weighted by molar-refractivity contribution is -0.111. The molecule has 4 heteroatoms. The quantitative estimate of drug-likeness (QED) is 0.765. The monoisotopic (exact) mass is 204 g/mol. The van der Waals surface area contributed by atoms with Crippen LogP contribution in [0.4, 0.5) is 5.69 Å². The van der Waals surface area contributed by atoms with Gasteiger partial charge in [-0.3, -0.25) is 4.79 Å². The highest BCUT2D eigenvalue weighted by Gasteiger charge is 2.00. The number of nitrogens with zero attached hydrogens (tertiary/aromatic N) is 1. The van der Waals surface area contributed by atoms with Crippen LogP contribution in [0.1, 0.15) is 13.8 Å². The van der Waals surface area contributed by atoms with Gasteiger partial charge in [0.2, 0.25) is 0 Å². The molecule has 0 unspecified atom stereocenters. The molecule has 0 fully saturated rings. The first-order chi connectivity index (χ1) is 7.11. The number of nitrogens with one attached hydrogen (secondary N) is 1. The number of anilines is 1. The topological polar surface area (TPSA) is 62.1 Å². The maximum Gasteiger partial charge on any atom is 0.326 e. The van der Waals surface area contributed by atoms with Crippen LogP contribution in [0.15, 0.2) is 24.3 Å². The highest BCUT2D eigenvalue weighted by molar-refractivity contribution is 6.02. The van der Waals surface area contributed by atoms with Crippen LogP contribution in [-0.4, -0.2) is 12.0 Å². The molecular weight excluding hydrogens is 192 g/mol. The van der Waals surface area contributed by atoms with Gasteiger partial charge < -0.3 is 10.1 Å². The van der Waals surface area contributed by atoms with Crippen molar-refractivity contribution in [3.05, 3.63) is 24.3 Å². The molecule has 0 aliphatic heterocycles. The Morgan fingerprint density at radius 3 is 2.47 bits per heavy atom. The summed E-state index contributed by atoms with van der Waals surface area (Å²) < 4.78 is 5.42. The molecule has 0 heterocycles. The smallest absolute Gasteiger partial charge is 0.326 e. The van der Waals surface area contributed by atoms with Crippen molar-refractivity contribution < 1.29 is 9.53 Å². The number of ether oxygens (including phenoxy) is 1. The van der Waals surface area contributed by atoms with Gasteiger partial charge in [0.1, 0.15) is 5.75 Å². The molecule has 4 nitrogen and oxygen atoms in total. The van der Waals surface area contributed by atoms with Crippen LogP contribution >= 0.6 is 0 Å². The summed E-state index contributed by atoms with van der Waals surface area (Å²) in [6.45, 7) is 3.87. The van der Waals surface area contributed by atoms with Gasteiger partial charge in [0.15, 0.2) is 6.07 Å². The first kappa shape index (κ1) is 11.1. The van der Waals surface area contributed by atoms with Gasteiger partial charge in [-0.25, -0.2) is 0 Å². The Morgan fingerprint density at radius 1 is 1.40 bits per heavy atom. The van der Waals surface area contributed by atoms with E-state index in [0.717, 1.165) is 5.75 Å². The van der Waals surface area contributed by atoms with Crippen LogP contribution in [0, 0.1) is 11.3 Å². The SMILES string of the molecule is CC(C)Oc1ccc(NC(=O)C#N)cc1. The molecule has 1 aromatic rings. The normalized spacial score (nSPS) is 9.47. The molecule has 1 amide bonds. The first-order valence-corrected chi connectivity index (χ1v) is 4.59. The van der Waals surface area contributed by atoms with Gasteiger partial charge in [-0.2, -0.15) is 5.26 Å². The molecule has 0 saturated carbocycles. The van der Waals surface area contributed by atoms with Crippen LogP contribution in [-0.2, 0) is 4.79 Å². The van der Waals surface area contributed by atoms with E-state index < -0.39 is 5.91 Å². The molecule has 78 valence electrons. The second-order valence-electron chi connectivity index (χ2n) is 3.26. The summed E-state index contributed by atoms with van der Waals surface area (Å²) in [5.74, 6) is 0.0625. The zero-order valence-corrected chi connectivity index (χ0v) is 8.65. The highest BCUT2D eigenvalue weighted by atomic mass is 16.5. The largest absolute Gasteiger partial charge is 0.491 e. The Morgan fingerprint density at radius 2 is 2.00 bits per heavy atom. The van der Waals surface area contributed by atoms with E-state index in [1.165, 1.54) is 6.07 Å². The van der Waals surface area contributed by atoms with Crippen LogP contribution in [0.25, 0.3) is 0 Å². The summed E-state index contributed by atoms with van der Waals surface area (Å²) in [6, 6.07) is 8.34. The van der Waals surface area contributed by atoms with E-state index >= 15 is 0 Å². The fourth-order valence-corrected chi connectivity index (χ4v) is 1.05. The summed E-state index contributed by atoms with van der Waals surface area (Å²) in [7, 11) is 0. The second-order valence-corrected chi connectivity index (χ2v) is 3.26. The number of rotatable bonds is 3. The lowest BCUT2D eigenvalue weighted by Crippen LogP contribution is -2.08. The number of carbonyl (C=O) groups is 1. The van der Waals surface area contributed by atoms with E-state index in [2.05, 4.69) is 5.32 Å². The van der Waals surface area contributed by atoms with Crippen molar-refractivity contribution in [3.63, 3.8) is 0 Å². The van der Waals surface area contributed by atoms with Gasteiger partial charge in [-0.15, -0.1) is 0 Å². The Labute approximate surface area is 88.5 Å². The molecular formula is C11H12N2O2. The van der Waals surface area contributed by atoms with E-state index in [9.17, 15) is 4.79 Å². The Hall–Kier alpha value is -2.02. The van der Waals surface area contributed by atoms with E-state index in [1.807, 2.05) is 13.8 Å². The van der Waals surface area contributed by atoms with E-state index in [-0.39, 0.29) is 6.10 Å². The lowest BCUT2D eigenvalue weighted by Gasteiger charge is -2.09. The number of hydrogen-bond donors (Lipinski definition) is 1. The van der Waals surface area contributed by atoms with Crippen LogP contribution in [0.5, 0.6) is 5.75 Å². The van der Waals surface area contributed by atoms with Crippen molar-refractivity contribution in [2.75, 3.05) is 5.32 Å². The zero-order valence-electron chi connectivity index (χ0n) is 8.65. The average molecular weight is 204 g/mol. The van der Waals surface area contributed by atoms with Crippen molar-refractivity contribution in [1.82, 2.24) is 0 Å². The average Bonchev–Trinajstić information content (AvgIpc) is 2.20. The molecule has 0 spiro atoms. The van der Waals surface area contributed by atoms with Gasteiger partial charge in [0.05, 0.1) is 6.10 Å². The maximum absolute atomic E-state index is 10.7. The molecule has 0 aromatic heterocycles. The lowest BCUT2D eigenvalue weighted by atomic mass is 10.3. The number of carbonyl (C=O) groups excluding carboxylic acids is 1. The van der Waals surface area contributed by atoms with Crippen molar-refractivity contribution in [1.29, 1.82) is 5.26 Å². The van der Waals surface area contributed by atoms with Crippen LogP contribution in [0.2, 0.25) is 0 Å². The minimum absolute atomic E-state index is 0.115. The van der Waals surface area contributed by atoms with Crippen molar-refractivity contribution >= 4 is 11.6 Å². The minimum atomic E-state index is -0.674. The molecule has 15 heavy (non-hydrogen) atoms. The van der Waals surface area contributed by atoms with E-state index in [1.54, 1.807) is 24.3 Å². The third-order valence-corrected chi connectivity index (χ3v) is 1.59. The Kier molecular flexibility index (Phi) is 3.69. The molecule has 1 rings (SSSR count). The molecule has 0 bridgehead atoms. The molecule has 1 N–H and O–H groups in total. The van der Waals surface area contributed by atoms with Gasteiger partial charge >= 0.3 is 5.91 Å². The van der Waals surface area contributed by atoms with Crippen molar-refractivity contribution in [3.8, 4) is 11.8 Å². The summed E-state index contributed by atoms with van der Waals surface area (Å²) in [5.41, 5.74) is 0.581. The standard InChI is InChI=1S/C11H12N2O2/c1-8(2)15-10-5-3-9(4-6-10)13-11(14)7-12/h3-6,8H,1-2H3,(H,13,14).